The summed E-state index contributed by atoms with van der Waals surface area (Å²) in [6, 6.07) is 81.9. The van der Waals surface area contributed by atoms with Gasteiger partial charge >= 0.3 is 0 Å². The van der Waals surface area contributed by atoms with Crippen LogP contribution in [0.15, 0.2) is 218 Å². The van der Waals surface area contributed by atoms with Crippen LogP contribution in [0.2, 0.25) is 0 Å². The van der Waals surface area contributed by atoms with Crippen LogP contribution < -0.4 is 0 Å². The molecule has 0 heteroatoms. The molecule has 0 bridgehead atoms. The van der Waals surface area contributed by atoms with Gasteiger partial charge in [-0.3, -0.25) is 0 Å². The van der Waals surface area contributed by atoms with Crippen molar-refractivity contribution in [3.8, 4) is 55.6 Å². The lowest BCUT2D eigenvalue weighted by atomic mass is 9.70. The molecule has 0 fully saturated rings. The van der Waals surface area contributed by atoms with Crippen molar-refractivity contribution >= 4 is 43.1 Å². The standard InChI is InChI=1S/C59H36/c1-3-17-42-37(14-1)16-13-25-43(42)39-28-30-40(31-29-39)56-47-21-5-7-23-49(47)57(50-24-8-6-22-48(50)56)41-32-34-51-55(36-41)59(54-35-33-38-15-2-4-18-44(38)58(51)54)52-26-11-9-19-45(52)46-20-10-12-27-53(46)59/h1-36H. The molecule has 0 atom stereocenters. The quantitative estimate of drug-likeness (QED) is 0.158. The van der Waals surface area contributed by atoms with Gasteiger partial charge in [0, 0.05) is 0 Å². The Morgan fingerprint density at radius 3 is 1.32 bits per heavy atom. The predicted octanol–water partition coefficient (Wildman–Crippen LogP) is 15.6. The molecule has 0 aliphatic heterocycles. The van der Waals surface area contributed by atoms with Crippen molar-refractivity contribution < 1.29 is 0 Å². The maximum absolute atomic E-state index is 2.55. The van der Waals surface area contributed by atoms with Gasteiger partial charge < -0.3 is 0 Å². The summed E-state index contributed by atoms with van der Waals surface area (Å²) in [7, 11) is 0. The third-order valence-electron chi connectivity index (χ3n) is 13.5. The van der Waals surface area contributed by atoms with E-state index in [0.717, 1.165) is 0 Å². The molecule has 11 aromatic rings. The highest BCUT2D eigenvalue weighted by Gasteiger charge is 2.52. The van der Waals surface area contributed by atoms with E-state index in [4.69, 9.17) is 0 Å². The summed E-state index contributed by atoms with van der Waals surface area (Å²) in [5.74, 6) is 0. The van der Waals surface area contributed by atoms with Gasteiger partial charge in [0.05, 0.1) is 5.41 Å². The molecule has 0 unspecified atom stereocenters. The van der Waals surface area contributed by atoms with Gasteiger partial charge in [-0.15, -0.1) is 0 Å². The zero-order valence-corrected chi connectivity index (χ0v) is 32.3. The van der Waals surface area contributed by atoms with Crippen molar-refractivity contribution in [3.63, 3.8) is 0 Å². The first-order chi connectivity index (χ1) is 29.3. The first-order valence-electron chi connectivity index (χ1n) is 20.7. The highest BCUT2D eigenvalue weighted by Crippen LogP contribution is 2.64. The van der Waals surface area contributed by atoms with E-state index in [2.05, 4.69) is 218 Å². The van der Waals surface area contributed by atoms with E-state index in [-0.39, 0.29) is 0 Å². The zero-order valence-electron chi connectivity index (χ0n) is 32.3. The van der Waals surface area contributed by atoms with E-state index < -0.39 is 5.41 Å². The average Bonchev–Trinajstić information content (AvgIpc) is 3.78. The number of fused-ring (bicyclic) bond motifs is 15. The van der Waals surface area contributed by atoms with E-state index in [1.54, 1.807) is 0 Å². The molecule has 0 saturated carbocycles. The Bertz CT molecular complexity index is 3440. The third-order valence-corrected chi connectivity index (χ3v) is 13.5. The molecule has 0 radical (unpaired) electrons. The summed E-state index contributed by atoms with van der Waals surface area (Å²) < 4.78 is 0. The van der Waals surface area contributed by atoms with Crippen LogP contribution in [0.25, 0.3) is 98.7 Å². The van der Waals surface area contributed by atoms with Gasteiger partial charge in [-0.25, -0.2) is 0 Å². The first-order valence-corrected chi connectivity index (χ1v) is 20.7. The van der Waals surface area contributed by atoms with Crippen molar-refractivity contribution in [2.45, 2.75) is 5.41 Å². The van der Waals surface area contributed by atoms with Crippen LogP contribution in [0.3, 0.4) is 0 Å². The summed E-state index contributed by atoms with van der Waals surface area (Å²) in [6.07, 6.45) is 0. The molecule has 13 rings (SSSR count). The summed E-state index contributed by atoms with van der Waals surface area (Å²) >= 11 is 0. The molecule has 0 nitrogen and oxygen atoms in total. The zero-order chi connectivity index (χ0) is 38.7. The van der Waals surface area contributed by atoms with Crippen LogP contribution in [0.5, 0.6) is 0 Å². The highest BCUT2D eigenvalue weighted by atomic mass is 14.5. The third kappa shape index (κ3) is 4.38. The largest absolute Gasteiger partial charge is 0.0725 e. The van der Waals surface area contributed by atoms with Crippen LogP contribution in [0.4, 0.5) is 0 Å². The van der Waals surface area contributed by atoms with Gasteiger partial charge in [0.15, 0.2) is 0 Å². The van der Waals surface area contributed by atoms with Gasteiger partial charge in [0.25, 0.3) is 0 Å². The summed E-state index contributed by atoms with van der Waals surface area (Å²) in [6.45, 7) is 0. The number of benzene rings is 11. The van der Waals surface area contributed by atoms with Crippen molar-refractivity contribution in [2.75, 3.05) is 0 Å². The molecule has 2 aliphatic rings. The number of rotatable bonds is 3. The second-order valence-electron chi connectivity index (χ2n) is 16.3. The van der Waals surface area contributed by atoms with E-state index in [1.165, 1.54) is 121 Å². The Kier molecular flexibility index (Phi) is 6.74. The predicted molar refractivity (Wildman–Crippen MR) is 249 cm³/mol. The normalized spacial score (nSPS) is 13.2. The second kappa shape index (κ2) is 12.2. The molecule has 11 aromatic carbocycles. The first kappa shape index (κ1) is 32.5. The molecule has 0 N–H and O–H groups in total. The molecule has 0 amide bonds. The van der Waals surface area contributed by atoms with E-state index >= 15 is 0 Å². The molecule has 0 heterocycles. The fourth-order valence-electron chi connectivity index (χ4n) is 11.1. The topological polar surface area (TPSA) is 0 Å². The number of hydrogen-bond acceptors (Lipinski definition) is 0. The fraction of sp³-hybridized carbons (Fsp3) is 0.0169. The van der Waals surface area contributed by atoms with E-state index in [1.807, 2.05) is 0 Å². The minimum absolute atomic E-state index is 0.435. The van der Waals surface area contributed by atoms with Crippen LogP contribution in [0, 0.1) is 0 Å². The minimum atomic E-state index is -0.435. The molecule has 0 saturated heterocycles. The Morgan fingerprint density at radius 2 is 0.678 bits per heavy atom. The lowest BCUT2D eigenvalue weighted by molar-refractivity contribution is 0.795. The van der Waals surface area contributed by atoms with E-state index in [9.17, 15) is 0 Å². The molecule has 0 aromatic heterocycles. The SMILES string of the molecule is c1ccc2c(c1)-c1ccccc1C21c2cc(-c3c4ccccc4c(-c4ccc(-c5cccc6ccccc56)cc4)c4ccccc34)ccc2-c2c1ccc1ccccc21. The Balaban J connectivity index is 1.07. The summed E-state index contributed by atoms with van der Waals surface area (Å²) in [5, 5.41) is 10.2. The fourth-order valence-corrected chi connectivity index (χ4v) is 11.1. The monoisotopic (exact) mass is 744 g/mol. The Labute approximate surface area is 343 Å². The van der Waals surface area contributed by atoms with Gasteiger partial charge in [0.1, 0.15) is 0 Å². The summed E-state index contributed by atoms with van der Waals surface area (Å²) in [5.41, 5.74) is 17.9. The smallest absolute Gasteiger partial charge is 0.0619 e. The number of hydrogen-bond donors (Lipinski definition) is 0. The maximum atomic E-state index is 2.55. The molecule has 272 valence electrons. The average molecular weight is 745 g/mol. The highest BCUT2D eigenvalue weighted by molar-refractivity contribution is 6.22. The molecule has 59 heavy (non-hydrogen) atoms. The van der Waals surface area contributed by atoms with Crippen LogP contribution in [-0.4, -0.2) is 0 Å². The molecular weight excluding hydrogens is 709 g/mol. The van der Waals surface area contributed by atoms with Crippen LogP contribution in [-0.2, 0) is 5.41 Å². The lowest BCUT2D eigenvalue weighted by Crippen LogP contribution is -2.25. The Hall–Kier alpha value is -7.54. The summed E-state index contributed by atoms with van der Waals surface area (Å²) in [4.78, 5) is 0. The van der Waals surface area contributed by atoms with Crippen molar-refractivity contribution in [2.24, 2.45) is 0 Å². The maximum Gasteiger partial charge on any atom is 0.0725 e. The molecule has 2 aliphatic carbocycles. The van der Waals surface area contributed by atoms with Crippen LogP contribution in [0.1, 0.15) is 22.3 Å². The molecule has 1 spiro atoms. The second-order valence-corrected chi connectivity index (χ2v) is 16.3. The Morgan fingerprint density at radius 1 is 0.220 bits per heavy atom. The minimum Gasteiger partial charge on any atom is -0.0619 e. The van der Waals surface area contributed by atoms with Gasteiger partial charge in [-0.1, -0.05) is 212 Å². The van der Waals surface area contributed by atoms with Crippen molar-refractivity contribution in [1.82, 2.24) is 0 Å². The van der Waals surface area contributed by atoms with E-state index in [0.29, 0.717) is 0 Å². The van der Waals surface area contributed by atoms with Crippen LogP contribution >= 0.6 is 0 Å². The van der Waals surface area contributed by atoms with Crippen molar-refractivity contribution in [1.29, 1.82) is 0 Å². The molecular formula is C59H36. The van der Waals surface area contributed by atoms with Gasteiger partial charge in [-0.2, -0.15) is 0 Å². The van der Waals surface area contributed by atoms with Gasteiger partial charge in [-0.05, 0) is 127 Å². The lowest BCUT2D eigenvalue weighted by Gasteiger charge is -2.31. The van der Waals surface area contributed by atoms with Gasteiger partial charge in [0.2, 0.25) is 0 Å². The van der Waals surface area contributed by atoms with Crippen molar-refractivity contribution in [3.05, 3.63) is 241 Å².